The number of anilines is 1. The summed E-state index contributed by atoms with van der Waals surface area (Å²) in [4.78, 5) is 13.4. The largest absolute Gasteiger partial charge is 0.444 e. The molecular weight excluding hydrogens is 418 g/mol. The number of nitrogens with zero attached hydrogens (tertiary/aromatic N) is 1. The average molecular weight is 441 g/mol. The van der Waals surface area contributed by atoms with E-state index in [1.54, 1.807) is 30.3 Å². The predicted molar refractivity (Wildman–Crippen MR) is 118 cm³/mol. The Hall–Kier alpha value is -2.90. The molecule has 0 saturated carbocycles. The van der Waals surface area contributed by atoms with Crippen LogP contribution >= 0.6 is 11.8 Å². The number of benzene rings is 3. The van der Waals surface area contributed by atoms with Gasteiger partial charge in [0.1, 0.15) is 5.82 Å². The molecule has 0 aromatic heterocycles. The predicted octanol–water partition coefficient (Wildman–Crippen LogP) is 5.19. The Morgan fingerprint density at radius 3 is 2.55 bits per heavy atom. The summed E-state index contributed by atoms with van der Waals surface area (Å²) in [7, 11) is 0. The first-order chi connectivity index (χ1) is 15.0. The van der Waals surface area contributed by atoms with E-state index in [2.05, 4.69) is 0 Å². The zero-order valence-corrected chi connectivity index (χ0v) is 17.5. The molecule has 1 aliphatic heterocycles. The number of hydrogen-bond donors (Lipinski definition) is 1. The molecule has 0 radical (unpaired) electrons. The molecule has 0 aliphatic carbocycles. The van der Waals surface area contributed by atoms with Crippen LogP contribution in [-0.4, -0.2) is 17.6 Å². The zero-order valence-electron chi connectivity index (χ0n) is 16.7. The Morgan fingerprint density at radius 1 is 1.06 bits per heavy atom. The minimum atomic E-state index is -1.14. The molecule has 1 heterocycles. The van der Waals surface area contributed by atoms with Crippen molar-refractivity contribution in [1.82, 2.24) is 0 Å². The zero-order chi connectivity index (χ0) is 21.8. The van der Waals surface area contributed by atoms with Gasteiger partial charge < -0.3 is 4.74 Å². The number of hydrogen-bond acceptors (Lipinski definition) is 5. The maximum atomic E-state index is 14.6. The van der Waals surface area contributed by atoms with E-state index in [9.17, 15) is 13.7 Å². The maximum absolute atomic E-state index is 14.6. The van der Waals surface area contributed by atoms with Gasteiger partial charge >= 0.3 is 5.97 Å². The summed E-state index contributed by atoms with van der Waals surface area (Å²) in [6.45, 7) is 0. The third-order valence-corrected chi connectivity index (χ3v) is 6.45. The molecule has 3 aromatic rings. The topological polar surface area (TPSA) is 55.6 Å². The third-order valence-electron chi connectivity index (χ3n) is 5.25. The van der Waals surface area contributed by atoms with E-state index in [0.717, 1.165) is 22.9 Å². The van der Waals surface area contributed by atoms with Gasteiger partial charge in [-0.3, -0.25) is 5.73 Å². The molecule has 2 N–H and O–H groups in total. The first-order valence-corrected chi connectivity index (χ1v) is 10.9. The summed E-state index contributed by atoms with van der Waals surface area (Å²) < 4.78 is 33.7. The second-order valence-electron chi connectivity index (χ2n) is 7.34. The van der Waals surface area contributed by atoms with Crippen molar-refractivity contribution in [3.8, 4) is 0 Å². The lowest BCUT2D eigenvalue weighted by atomic mass is 9.91. The number of carbonyl (C=O) groups excluding carboxylic acids is 1. The van der Waals surface area contributed by atoms with Crippen molar-refractivity contribution in [1.29, 1.82) is 0 Å². The number of rotatable bonds is 7. The second-order valence-corrected chi connectivity index (χ2v) is 8.46. The number of esters is 1. The van der Waals surface area contributed by atoms with Crippen molar-refractivity contribution in [2.24, 2.45) is 5.73 Å². The lowest BCUT2D eigenvalue weighted by Crippen LogP contribution is -2.40. The van der Waals surface area contributed by atoms with Crippen LogP contribution in [-0.2, 0) is 16.0 Å². The van der Waals surface area contributed by atoms with Crippen LogP contribution in [0.5, 0.6) is 0 Å². The van der Waals surface area contributed by atoms with E-state index in [0.29, 0.717) is 28.5 Å². The van der Waals surface area contributed by atoms with Crippen molar-refractivity contribution < 1.29 is 18.4 Å². The van der Waals surface area contributed by atoms with Gasteiger partial charge in [-0.1, -0.05) is 70.8 Å². The molecule has 3 aromatic carbocycles. The van der Waals surface area contributed by atoms with Crippen LogP contribution in [0.1, 0.15) is 23.5 Å². The van der Waals surface area contributed by atoms with Crippen molar-refractivity contribution in [2.45, 2.75) is 35.3 Å². The van der Waals surface area contributed by atoms with E-state index < -0.39 is 17.6 Å². The molecule has 3 unspecified atom stereocenters. The van der Waals surface area contributed by atoms with Crippen LogP contribution in [0.2, 0.25) is 0 Å². The third kappa shape index (κ3) is 4.89. The number of ether oxygens (including phenoxy) is 1. The Morgan fingerprint density at radius 2 is 1.81 bits per heavy atom. The van der Waals surface area contributed by atoms with Crippen LogP contribution in [0.4, 0.5) is 14.6 Å². The molecule has 7 heteroatoms. The van der Waals surface area contributed by atoms with Gasteiger partial charge in [-0.15, -0.1) is 0 Å². The van der Waals surface area contributed by atoms with E-state index in [-0.39, 0.29) is 11.7 Å². The van der Waals surface area contributed by atoms with E-state index in [1.807, 2.05) is 36.4 Å². The number of para-hydroxylation sites is 1. The number of thioether (sulfide) groups is 1. The molecular formula is C24H22F2N2O2S. The number of aryl methyl sites for hydroxylation is 1. The molecule has 160 valence electrons. The number of halogens is 2. The van der Waals surface area contributed by atoms with Gasteiger partial charge in [0.25, 0.3) is 0 Å². The van der Waals surface area contributed by atoms with E-state index in [1.165, 1.54) is 12.1 Å². The Balaban J connectivity index is 1.47. The Bertz CT molecular complexity index is 1050. The van der Waals surface area contributed by atoms with Gasteiger partial charge in [0.15, 0.2) is 6.23 Å². The summed E-state index contributed by atoms with van der Waals surface area (Å²) in [5, 5.41) is -0.720. The molecule has 4 nitrogen and oxygen atoms in total. The molecule has 4 rings (SSSR count). The summed E-state index contributed by atoms with van der Waals surface area (Å²) in [6.07, 6.45) is 0.127. The summed E-state index contributed by atoms with van der Waals surface area (Å²) >= 11 is 1.09. The summed E-state index contributed by atoms with van der Waals surface area (Å²) in [5.74, 6) is -1.36. The van der Waals surface area contributed by atoms with Crippen LogP contribution in [0, 0.1) is 5.82 Å². The monoisotopic (exact) mass is 440 g/mol. The fourth-order valence-electron chi connectivity index (χ4n) is 3.68. The van der Waals surface area contributed by atoms with Crippen molar-refractivity contribution >= 4 is 23.4 Å². The SMILES string of the molecule is NC(OC(=O)C1Sc2ccccc2N1F)C(CCc1cccc(F)c1)c1ccccc1. The molecule has 0 fully saturated rings. The minimum absolute atomic E-state index is 0.301. The first kappa shape index (κ1) is 21.3. The van der Waals surface area contributed by atoms with E-state index in [4.69, 9.17) is 10.5 Å². The average Bonchev–Trinajstić information content (AvgIpc) is 3.12. The van der Waals surface area contributed by atoms with Crippen LogP contribution < -0.4 is 10.9 Å². The number of carbonyl (C=O) groups is 1. The summed E-state index contributed by atoms with van der Waals surface area (Å²) in [6, 6.07) is 22.7. The maximum Gasteiger partial charge on any atom is 0.344 e. The van der Waals surface area contributed by atoms with Gasteiger partial charge in [-0.25, -0.2) is 9.18 Å². The molecule has 0 amide bonds. The fourth-order valence-corrected chi connectivity index (χ4v) is 4.71. The fraction of sp³-hybridized carbons (Fsp3) is 0.208. The van der Waals surface area contributed by atoms with Gasteiger partial charge in [0, 0.05) is 10.8 Å². The van der Waals surface area contributed by atoms with Crippen molar-refractivity contribution in [2.75, 3.05) is 5.12 Å². The van der Waals surface area contributed by atoms with Gasteiger partial charge in [-0.05, 0) is 48.2 Å². The van der Waals surface area contributed by atoms with Crippen LogP contribution in [0.25, 0.3) is 0 Å². The number of nitrogens with two attached hydrogens (primary N) is 1. The molecule has 31 heavy (non-hydrogen) atoms. The summed E-state index contributed by atoms with van der Waals surface area (Å²) in [5.41, 5.74) is 8.37. The highest BCUT2D eigenvalue weighted by Crippen LogP contribution is 2.44. The van der Waals surface area contributed by atoms with Crippen molar-refractivity contribution in [3.63, 3.8) is 0 Å². The lowest BCUT2D eigenvalue weighted by molar-refractivity contribution is -0.149. The second kappa shape index (κ2) is 9.49. The van der Waals surface area contributed by atoms with Gasteiger partial charge in [0.2, 0.25) is 5.37 Å². The van der Waals surface area contributed by atoms with Gasteiger partial charge in [0.05, 0.1) is 5.69 Å². The minimum Gasteiger partial charge on any atom is -0.444 e. The van der Waals surface area contributed by atoms with Gasteiger partial charge in [-0.2, -0.15) is 5.12 Å². The number of fused-ring (bicyclic) bond motifs is 1. The highest BCUT2D eigenvalue weighted by molar-refractivity contribution is 8.01. The quantitative estimate of drug-likeness (QED) is 0.311. The van der Waals surface area contributed by atoms with E-state index >= 15 is 0 Å². The Labute approximate surface area is 183 Å². The molecule has 0 saturated heterocycles. The highest BCUT2D eigenvalue weighted by atomic mass is 32.2. The highest BCUT2D eigenvalue weighted by Gasteiger charge is 2.39. The normalized spacial score (nSPS) is 17.1. The lowest BCUT2D eigenvalue weighted by Gasteiger charge is -2.26. The molecule has 0 spiro atoms. The smallest absolute Gasteiger partial charge is 0.344 e. The molecule has 1 aliphatic rings. The molecule has 3 atom stereocenters. The first-order valence-electron chi connectivity index (χ1n) is 9.99. The van der Waals surface area contributed by atoms with Crippen LogP contribution in [0.15, 0.2) is 83.8 Å². The van der Waals surface area contributed by atoms with Crippen molar-refractivity contribution in [3.05, 3.63) is 95.8 Å². The Kier molecular flexibility index (Phi) is 6.53. The molecule has 0 bridgehead atoms. The standard InChI is InChI=1S/C24H22F2N2O2S/c25-18-10-6-7-16(15-18)13-14-19(17-8-2-1-3-9-17)22(27)30-24(29)23-28(26)20-11-4-5-12-21(20)31-23/h1-12,15,19,22-23H,13-14,27H2. The van der Waals surface area contributed by atoms with Crippen LogP contribution in [0.3, 0.4) is 0 Å².